The summed E-state index contributed by atoms with van der Waals surface area (Å²) in [7, 11) is 5.46. The fraction of sp³-hybridized carbons (Fsp3) is 0.500. The minimum absolute atomic E-state index is 0.161. The summed E-state index contributed by atoms with van der Waals surface area (Å²) < 4.78 is 0. The Morgan fingerprint density at radius 2 is 1.73 bits per heavy atom. The number of likely N-dealkylation sites (N-methyl/N-ethyl adjacent to an activating group) is 1. The number of nitrogens with one attached hydrogen (secondary N) is 2. The fourth-order valence-electron chi connectivity index (χ4n) is 2.53. The Kier molecular flexibility index (Phi) is 8.31. The van der Waals surface area contributed by atoms with Crippen molar-refractivity contribution in [3.63, 3.8) is 0 Å². The van der Waals surface area contributed by atoms with E-state index in [9.17, 15) is 14.7 Å². The molecule has 1 atom stereocenters. The molecule has 0 radical (unpaired) electrons. The van der Waals surface area contributed by atoms with Gasteiger partial charge in [0.25, 0.3) is 0 Å². The zero-order valence-corrected chi connectivity index (χ0v) is 16.8. The lowest BCUT2D eigenvalue weighted by molar-refractivity contribution is -0.150. The smallest absolute Gasteiger partial charge is 0.326 e. The second-order valence-corrected chi connectivity index (χ2v) is 7.01. The summed E-state index contributed by atoms with van der Waals surface area (Å²) in [5, 5.41) is 15.7. The van der Waals surface area contributed by atoms with E-state index in [-0.39, 0.29) is 18.2 Å². The van der Waals surface area contributed by atoms with Gasteiger partial charge in [-0.3, -0.25) is 4.79 Å². The molecule has 0 fully saturated rings. The fourth-order valence-corrected chi connectivity index (χ4v) is 2.75. The summed E-state index contributed by atoms with van der Waals surface area (Å²) in [6, 6.07) is 6.95. The summed E-state index contributed by atoms with van der Waals surface area (Å²) in [6.45, 7) is 3.89. The topological polar surface area (TPSA) is 84.9 Å². The van der Waals surface area contributed by atoms with Gasteiger partial charge in [0.05, 0.1) is 0 Å². The molecule has 0 saturated carbocycles. The number of hydrogen-bond donors (Lipinski definition) is 3. The van der Waals surface area contributed by atoms with E-state index in [0.717, 1.165) is 11.4 Å². The van der Waals surface area contributed by atoms with Crippen LogP contribution in [0.1, 0.15) is 20.3 Å². The lowest BCUT2D eigenvalue weighted by Crippen LogP contribution is -2.46. The van der Waals surface area contributed by atoms with Crippen LogP contribution in [0.3, 0.4) is 0 Å². The summed E-state index contributed by atoms with van der Waals surface area (Å²) >= 11 is 5.22. The van der Waals surface area contributed by atoms with Crippen LogP contribution in [-0.2, 0) is 9.59 Å². The zero-order valence-electron chi connectivity index (χ0n) is 15.9. The van der Waals surface area contributed by atoms with Gasteiger partial charge in [-0.25, -0.2) is 4.79 Å². The van der Waals surface area contributed by atoms with Crippen LogP contribution in [0.5, 0.6) is 0 Å². The molecule has 0 aromatic heterocycles. The van der Waals surface area contributed by atoms with Crippen LogP contribution in [0, 0.1) is 5.92 Å². The number of carbonyl (C=O) groups excluding carboxylic acids is 1. The van der Waals surface area contributed by atoms with Crippen molar-refractivity contribution >= 4 is 40.6 Å². The van der Waals surface area contributed by atoms with Gasteiger partial charge in [0.1, 0.15) is 6.04 Å². The maximum Gasteiger partial charge on any atom is 0.326 e. The van der Waals surface area contributed by atoms with Gasteiger partial charge in [-0.05, 0) is 42.4 Å². The first-order valence-electron chi connectivity index (χ1n) is 8.44. The summed E-state index contributed by atoms with van der Waals surface area (Å²) in [4.78, 5) is 26.8. The molecule has 144 valence electrons. The molecule has 26 heavy (non-hydrogen) atoms. The lowest BCUT2D eigenvalue weighted by Gasteiger charge is -2.27. The van der Waals surface area contributed by atoms with Crippen LogP contribution in [0.25, 0.3) is 0 Å². The Balaban J connectivity index is 2.45. The highest BCUT2D eigenvalue weighted by Crippen LogP contribution is 2.15. The highest BCUT2D eigenvalue weighted by Gasteiger charge is 2.28. The van der Waals surface area contributed by atoms with Gasteiger partial charge in [-0.2, -0.15) is 0 Å². The van der Waals surface area contributed by atoms with E-state index >= 15 is 0 Å². The minimum Gasteiger partial charge on any atom is -0.480 e. The molecule has 3 N–H and O–H groups in total. The van der Waals surface area contributed by atoms with E-state index in [1.165, 1.54) is 11.9 Å². The van der Waals surface area contributed by atoms with E-state index in [1.807, 2.05) is 43.3 Å². The Morgan fingerprint density at radius 3 is 2.19 bits per heavy atom. The Hall–Kier alpha value is -2.35. The van der Waals surface area contributed by atoms with Crippen LogP contribution in [0.15, 0.2) is 24.3 Å². The third-order valence-corrected chi connectivity index (χ3v) is 4.21. The molecule has 1 aromatic carbocycles. The Labute approximate surface area is 160 Å². The third kappa shape index (κ3) is 6.51. The summed E-state index contributed by atoms with van der Waals surface area (Å²) in [6.07, 6.45) is 0.161. The molecule has 8 heteroatoms. The molecule has 0 aliphatic carbocycles. The Morgan fingerprint density at radius 1 is 1.15 bits per heavy atom. The number of nitrogens with zero attached hydrogens (tertiary/aromatic N) is 2. The number of rotatable bonds is 8. The van der Waals surface area contributed by atoms with E-state index < -0.39 is 12.0 Å². The standard InChI is InChI=1S/C18H28N4O3S/c1-12(2)16(17(24)25)22(5)15(23)10-11-19-18(26)20-13-6-8-14(9-7-13)21(3)4/h6-9,12,16H,10-11H2,1-5H3,(H,24,25)(H2,19,20,26)/t16-/m0/s1. The second-order valence-electron chi connectivity index (χ2n) is 6.60. The predicted octanol–water partition coefficient (Wildman–Crippen LogP) is 2.00. The maximum atomic E-state index is 12.2. The molecule has 0 unspecified atom stereocenters. The molecule has 0 aliphatic rings. The lowest BCUT2D eigenvalue weighted by atomic mass is 10.0. The Bertz CT molecular complexity index is 632. The molecule has 0 spiro atoms. The molecule has 0 bridgehead atoms. The molecule has 7 nitrogen and oxygen atoms in total. The number of carboxylic acids is 1. The zero-order chi connectivity index (χ0) is 19.9. The van der Waals surface area contributed by atoms with Gasteiger partial charge in [0.2, 0.25) is 5.91 Å². The molecule has 0 heterocycles. The quantitative estimate of drug-likeness (QED) is 0.595. The average molecular weight is 381 g/mol. The number of aliphatic carboxylic acids is 1. The SMILES string of the molecule is CC(C)[C@@H](C(=O)O)N(C)C(=O)CCNC(=S)Nc1ccc(N(C)C)cc1. The predicted molar refractivity (Wildman–Crippen MR) is 109 cm³/mol. The van der Waals surface area contributed by atoms with Gasteiger partial charge in [-0.15, -0.1) is 0 Å². The van der Waals surface area contributed by atoms with Gasteiger partial charge < -0.3 is 25.5 Å². The second kappa shape index (κ2) is 9.96. The van der Waals surface area contributed by atoms with Gasteiger partial charge in [-0.1, -0.05) is 13.8 Å². The van der Waals surface area contributed by atoms with Crippen LogP contribution in [0.4, 0.5) is 11.4 Å². The monoisotopic (exact) mass is 380 g/mol. The molecule has 1 aromatic rings. The van der Waals surface area contributed by atoms with Crippen molar-refractivity contribution in [3.8, 4) is 0 Å². The number of thiocarbonyl (C=S) groups is 1. The highest BCUT2D eigenvalue weighted by molar-refractivity contribution is 7.80. The van der Waals surface area contributed by atoms with Crippen LogP contribution >= 0.6 is 12.2 Å². The van der Waals surface area contributed by atoms with E-state index in [1.54, 1.807) is 13.8 Å². The highest BCUT2D eigenvalue weighted by atomic mass is 32.1. The maximum absolute atomic E-state index is 12.2. The minimum atomic E-state index is -0.998. The number of benzene rings is 1. The van der Waals surface area contributed by atoms with Gasteiger partial charge in [0.15, 0.2) is 5.11 Å². The first-order valence-corrected chi connectivity index (χ1v) is 8.85. The average Bonchev–Trinajstić information content (AvgIpc) is 2.54. The molecule has 1 amide bonds. The van der Waals surface area contributed by atoms with Gasteiger partial charge in [0, 0.05) is 45.5 Å². The van der Waals surface area contributed by atoms with Gasteiger partial charge >= 0.3 is 5.97 Å². The van der Waals surface area contributed by atoms with E-state index in [4.69, 9.17) is 12.2 Å². The molecule has 0 aliphatic heterocycles. The molecule has 1 rings (SSSR count). The van der Waals surface area contributed by atoms with Crippen molar-refractivity contribution in [2.24, 2.45) is 5.92 Å². The van der Waals surface area contributed by atoms with Crippen molar-refractivity contribution < 1.29 is 14.7 Å². The van der Waals surface area contributed by atoms with Crippen molar-refractivity contribution in [1.29, 1.82) is 0 Å². The summed E-state index contributed by atoms with van der Waals surface area (Å²) in [5.41, 5.74) is 1.93. The van der Waals surface area contributed by atoms with Crippen LogP contribution < -0.4 is 15.5 Å². The molecular formula is C18H28N4O3S. The number of carbonyl (C=O) groups is 2. The number of amides is 1. The van der Waals surface area contributed by atoms with Crippen molar-refractivity contribution in [2.75, 3.05) is 37.9 Å². The van der Waals surface area contributed by atoms with Crippen LogP contribution in [-0.4, -0.2) is 60.7 Å². The number of anilines is 2. The van der Waals surface area contributed by atoms with Crippen LogP contribution in [0.2, 0.25) is 0 Å². The van der Waals surface area contributed by atoms with Crippen molar-refractivity contribution in [1.82, 2.24) is 10.2 Å². The van der Waals surface area contributed by atoms with Crippen molar-refractivity contribution in [3.05, 3.63) is 24.3 Å². The van der Waals surface area contributed by atoms with E-state index in [2.05, 4.69) is 10.6 Å². The largest absolute Gasteiger partial charge is 0.480 e. The van der Waals surface area contributed by atoms with E-state index in [0.29, 0.717) is 11.7 Å². The number of carboxylic acid groups (broad SMARTS) is 1. The normalized spacial score (nSPS) is 11.6. The van der Waals surface area contributed by atoms with Crippen molar-refractivity contribution in [2.45, 2.75) is 26.3 Å². The summed E-state index contributed by atoms with van der Waals surface area (Å²) in [5.74, 6) is -1.40. The first kappa shape index (κ1) is 21.7. The third-order valence-electron chi connectivity index (χ3n) is 3.96. The first-order chi connectivity index (χ1) is 12.1. The molecular weight excluding hydrogens is 352 g/mol. The molecule has 0 saturated heterocycles. The number of hydrogen-bond acceptors (Lipinski definition) is 4.